The zero-order chi connectivity index (χ0) is 14.4. The molecule has 0 aromatic heterocycles. The molecule has 1 unspecified atom stereocenters. The van der Waals surface area contributed by atoms with Gasteiger partial charge in [0.15, 0.2) is 5.79 Å². The van der Waals surface area contributed by atoms with E-state index in [0.29, 0.717) is 18.3 Å². The lowest BCUT2D eigenvalue weighted by molar-refractivity contribution is -0.297. The monoisotopic (exact) mass is 282 g/mol. The minimum Gasteiger partial charge on any atom is -0.462 e. The van der Waals surface area contributed by atoms with Gasteiger partial charge in [-0.2, -0.15) is 0 Å². The Morgan fingerprint density at radius 2 is 1.70 bits per heavy atom. The van der Waals surface area contributed by atoms with Crippen LogP contribution in [-0.4, -0.2) is 31.1 Å². The largest absolute Gasteiger partial charge is 0.462 e. The predicted molar refractivity (Wildman–Crippen MR) is 74.0 cm³/mol. The highest BCUT2D eigenvalue weighted by molar-refractivity contribution is 5.69. The first-order valence-corrected chi connectivity index (χ1v) is 7.89. The predicted octanol–water partition coefficient (Wildman–Crippen LogP) is 2.90. The smallest absolute Gasteiger partial charge is 0.305 e. The van der Waals surface area contributed by atoms with Crippen molar-refractivity contribution in [3.05, 3.63) is 0 Å². The van der Waals surface area contributed by atoms with Gasteiger partial charge in [-0.1, -0.05) is 20.8 Å². The summed E-state index contributed by atoms with van der Waals surface area (Å²) in [5, 5.41) is 0. The SMILES string of the molecule is CCC(=O)OC1C[C@@H]2CC3(C[C@@H]2C1)OCC(C)(C)CO3. The fourth-order valence-electron chi connectivity index (χ4n) is 3.88. The molecule has 2 saturated carbocycles. The van der Waals surface area contributed by atoms with Crippen molar-refractivity contribution in [1.82, 2.24) is 0 Å². The maximum Gasteiger partial charge on any atom is 0.305 e. The Hall–Kier alpha value is -0.610. The molecule has 1 heterocycles. The van der Waals surface area contributed by atoms with Crippen molar-refractivity contribution in [2.45, 2.75) is 64.8 Å². The highest BCUT2D eigenvalue weighted by Crippen LogP contribution is 2.53. The van der Waals surface area contributed by atoms with Crippen LogP contribution in [0.1, 0.15) is 52.9 Å². The summed E-state index contributed by atoms with van der Waals surface area (Å²) in [6.07, 6.45) is 4.48. The number of carbonyl (C=O) groups is 1. The quantitative estimate of drug-likeness (QED) is 0.731. The van der Waals surface area contributed by atoms with Crippen LogP contribution in [0.25, 0.3) is 0 Å². The fourth-order valence-corrected chi connectivity index (χ4v) is 3.88. The summed E-state index contributed by atoms with van der Waals surface area (Å²) in [7, 11) is 0. The van der Waals surface area contributed by atoms with Crippen molar-refractivity contribution in [2.75, 3.05) is 13.2 Å². The molecule has 3 atom stereocenters. The second-order valence-electron chi connectivity index (χ2n) is 7.52. The summed E-state index contributed by atoms with van der Waals surface area (Å²) in [5.41, 5.74) is 0.127. The molecule has 3 fully saturated rings. The van der Waals surface area contributed by atoms with Gasteiger partial charge < -0.3 is 14.2 Å². The standard InChI is InChI=1S/C16H26O4/c1-4-14(17)20-13-5-11-7-16(8-12(11)6-13)18-9-15(2,3)10-19-16/h11-13H,4-10H2,1-3H3/t11-,12+,13?. The van der Waals surface area contributed by atoms with E-state index in [-0.39, 0.29) is 23.3 Å². The van der Waals surface area contributed by atoms with E-state index in [9.17, 15) is 4.79 Å². The van der Waals surface area contributed by atoms with Gasteiger partial charge in [0.1, 0.15) is 6.10 Å². The zero-order valence-corrected chi connectivity index (χ0v) is 12.8. The molecule has 3 aliphatic rings. The molecule has 3 rings (SSSR count). The molecule has 1 spiro atoms. The van der Waals surface area contributed by atoms with Crippen molar-refractivity contribution < 1.29 is 19.0 Å². The van der Waals surface area contributed by atoms with Crippen LogP contribution in [0.5, 0.6) is 0 Å². The van der Waals surface area contributed by atoms with Crippen LogP contribution in [0.3, 0.4) is 0 Å². The number of hydrogen-bond acceptors (Lipinski definition) is 4. The average molecular weight is 282 g/mol. The highest BCUT2D eigenvalue weighted by atomic mass is 16.7. The van der Waals surface area contributed by atoms with Crippen molar-refractivity contribution in [3.8, 4) is 0 Å². The first-order valence-electron chi connectivity index (χ1n) is 7.89. The Labute approximate surface area is 121 Å². The van der Waals surface area contributed by atoms with Crippen LogP contribution < -0.4 is 0 Å². The molecule has 0 radical (unpaired) electrons. The molecular weight excluding hydrogens is 256 g/mol. The lowest BCUT2D eigenvalue weighted by Gasteiger charge is -2.42. The van der Waals surface area contributed by atoms with Gasteiger partial charge in [-0.25, -0.2) is 0 Å². The summed E-state index contributed by atoms with van der Waals surface area (Å²) in [5.74, 6) is 0.762. The number of ether oxygens (including phenoxy) is 3. The highest BCUT2D eigenvalue weighted by Gasteiger charge is 2.54. The van der Waals surface area contributed by atoms with E-state index in [4.69, 9.17) is 14.2 Å². The van der Waals surface area contributed by atoms with Crippen molar-refractivity contribution >= 4 is 5.97 Å². The van der Waals surface area contributed by atoms with Gasteiger partial charge in [0.2, 0.25) is 0 Å². The molecule has 0 amide bonds. The second kappa shape index (κ2) is 4.99. The number of hydrogen-bond donors (Lipinski definition) is 0. The van der Waals surface area contributed by atoms with Crippen molar-refractivity contribution in [1.29, 1.82) is 0 Å². The first kappa shape index (κ1) is 14.3. The van der Waals surface area contributed by atoms with Gasteiger partial charge in [0, 0.05) is 24.7 Å². The third-order valence-corrected chi connectivity index (χ3v) is 4.98. The van der Waals surface area contributed by atoms with Crippen LogP contribution in [-0.2, 0) is 19.0 Å². The van der Waals surface area contributed by atoms with Crippen LogP contribution in [0.2, 0.25) is 0 Å². The molecule has 0 aromatic rings. The number of rotatable bonds is 2. The third kappa shape index (κ3) is 2.73. The van der Waals surface area contributed by atoms with E-state index in [1.165, 1.54) is 0 Å². The molecule has 2 aliphatic carbocycles. The lowest BCUT2D eigenvalue weighted by Crippen LogP contribution is -2.46. The van der Waals surface area contributed by atoms with Crippen molar-refractivity contribution in [3.63, 3.8) is 0 Å². The first-order chi connectivity index (χ1) is 9.41. The molecule has 20 heavy (non-hydrogen) atoms. The summed E-state index contributed by atoms with van der Waals surface area (Å²) >= 11 is 0. The summed E-state index contributed by atoms with van der Waals surface area (Å²) < 4.78 is 17.7. The number of carbonyl (C=O) groups excluding carboxylic acids is 1. The van der Waals surface area contributed by atoms with E-state index in [0.717, 1.165) is 38.9 Å². The molecule has 4 nitrogen and oxygen atoms in total. The molecule has 4 heteroatoms. The lowest BCUT2D eigenvalue weighted by atomic mass is 9.94. The molecule has 1 saturated heterocycles. The Kier molecular flexibility index (Phi) is 3.57. The van der Waals surface area contributed by atoms with Crippen LogP contribution in [0, 0.1) is 17.3 Å². The number of esters is 1. The molecule has 0 aromatic carbocycles. The van der Waals surface area contributed by atoms with Crippen LogP contribution >= 0.6 is 0 Å². The van der Waals surface area contributed by atoms with Gasteiger partial charge >= 0.3 is 5.97 Å². The Morgan fingerprint density at radius 1 is 1.15 bits per heavy atom. The van der Waals surface area contributed by atoms with E-state index < -0.39 is 0 Å². The summed E-state index contributed by atoms with van der Waals surface area (Å²) in [6, 6.07) is 0. The number of fused-ring (bicyclic) bond motifs is 1. The normalized spacial score (nSPS) is 37.9. The maximum atomic E-state index is 11.4. The molecule has 1 aliphatic heterocycles. The van der Waals surface area contributed by atoms with Gasteiger partial charge in [-0.05, 0) is 24.7 Å². The van der Waals surface area contributed by atoms with Crippen LogP contribution in [0.4, 0.5) is 0 Å². The molecule has 0 N–H and O–H groups in total. The van der Waals surface area contributed by atoms with E-state index >= 15 is 0 Å². The average Bonchev–Trinajstić information content (AvgIpc) is 2.89. The Balaban J connectivity index is 1.55. The van der Waals surface area contributed by atoms with Crippen molar-refractivity contribution in [2.24, 2.45) is 17.3 Å². The third-order valence-electron chi connectivity index (χ3n) is 4.98. The van der Waals surface area contributed by atoms with Gasteiger partial charge in [-0.15, -0.1) is 0 Å². The molecule has 0 bridgehead atoms. The van der Waals surface area contributed by atoms with E-state index in [2.05, 4.69) is 13.8 Å². The Bertz CT molecular complexity index is 364. The minimum absolute atomic E-state index is 0.0726. The Morgan fingerprint density at radius 3 is 2.20 bits per heavy atom. The summed E-state index contributed by atoms with van der Waals surface area (Å²) in [4.78, 5) is 11.4. The fraction of sp³-hybridized carbons (Fsp3) is 0.938. The van der Waals surface area contributed by atoms with Gasteiger partial charge in [0.05, 0.1) is 13.2 Å². The molecular formula is C16H26O4. The van der Waals surface area contributed by atoms with Gasteiger partial charge in [-0.3, -0.25) is 4.79 Å². The van der Waals surface area contributed by atoms with E-state index in [1.54, 1.807) is 0 Å². The topological polar surface area (TPSA) is 44.8 Å². The van der Waals surface area contributed by atoms with Gasteiger partial charge in [0.25, 0.3) is 0 Å². The maximum absolute atomic E-state index is 11.4. The second-order valence-corrected chi connectivity index (χ2v) is 7.52. The van der Waals surface area contributed by atoms with Crippen LogP contribution in [0.15, 0.2) is 0 Å². The minimum atomic E-state index is -0.343. The van der Waals surface area contributed by atoms with E-state index in [1.807, 2.05) is 6.92 Å². The summed E-state index contributed by atoms with van der Waals surface area (Å²) in [6.45, 7) is 7.76. The molecule has 114 valence electrons. The zero-order valence-electron chi connectivity index (χ0n) is 12.8.